The van der Waals surface area contributed by atoms with E-state index in [0.717, 1.165) is 41.7 Å². The van der Waals surface area contributed by atoms with Crippen molar-refractivity contribution in [2.75, 3.05) is 20.2 Å². The van der Waals surface area contributed by atoms with Gasteiger partial charge in [-0.15, -0.1) is 0 Å². The van der Waals surface area contributed by atoms with E-state index in [1.165, 1.54) is 29.0 Å². The van der Waals surface area contributed by atoms with Gasteiger partial charge < -0.3 is 24.5 Å². The number of piperidine rings is 1. The summed E-state index contributed by atoms with van der Waals surface area (Å²) in [6.07, 6.45) is 7.83. The zero-order chi connectivity index (χ0) is 33.1. The van der Waals surface area contributed by atoms with E-state index in [-0.39, 0.29) is 42.8 Å². The van der Waals surface area contributed by atoms with E-state index in [9.17, 15) is 13.6 Å². The number of alkyl halides is 1. The Labute approximate surface area is 278 Å². The highest BCUT2D eigenvalue weighted by atomic mass is 35.5. The maximum Gasteiger partial charge on any atom is 0.254 e. The average molecular weight is 672 g/mol. The summed E-state index contributed by atoms with van der Waals surface area (Å²) in [5.74, 6) is 0.691. The lowest BCUT2D eigenvalue weighted by Gasteiger charge is -2.33. The number of ether oxygens (including phenoxy) is 1. The van der Waals surface area contributed by atoms with Gasteiger partial charge in [-0.05, 0) is 61.6 Å². The molecule has 246 valence electrons. The van der Waals surface area contributed by atoms with E-state index < -0.39 is 18.0 Å². The third kappa shape index (κ3) is 5.56. The van der Waals surface area contributed by atoms with Crippen LogP contribution >= 0.6 is 11.6 Å². The predicted octanol–water partition coefficient (Wildman–Crippen LogP) is 5.40. The smallest absolute Gasteiger partial charge is 0.254 e. The SMILES string of the molecule is COc1cc(C(=O)N2C[C@H](N)C[C@@H](F)C2)cc2nc(-c3cc4cccnc4n3CC3CC3)n(Cc3cnn(-c4ncc(Cl)cc4F)c3)c12. The summed E-state index contributed by atoms with van der Waals surface area (Å²) in [5.41, 5.74) is 10.0. The molecule has 6 aromatic rings. The first-order valence-corrected chi connectivity index (χ1v) is 16.2. The highest BCUT2D eigenvalue weighted by Gasteiger charge is 2.31. The fraction of sp³-hybridized carbons (Fsp3) is 0.324. The predicted molar refractivity (Wildman–Crippen MR) is 177 cm³/mol. The Morgan fingerprint density at radius 1 is 1.12 bits per heavy atom. The molecule has 1 saturated heterocycles. The molecule has 2 N–H and O–H groups in total. The van der Waals surface area contributed by atoms with Gasteiger partial charge in [0.25, 0.3) is 5.91 Å². The van der Waals surface area contributed by atoms with E-state index in [2.05, 4.69) is 20.7 Å². The van der Waals surface area contributed by atoms with Crippen molar-refractivity contribution in [3.63, 3.8) is 0 Å². The summed E-state index contributed by atoms with van der Waals surface area (Å²) in [5, 5.41) is 5.55. The fourth-order valence-electron chi connectivity index (χ4n) is 6.61. The molecular weight excluding hydrogens is 640 g/mol. The van der Waals surface area contributed by atoms with E-state index in [1.807, 2.05) is 16.7 Å². The molecule has 0 radical (unpaired) electrons. The Hall–Kier alpha value is -4.88. The minimum Gasteiger partial charge on any atom is -0.494 e. The Balaban J connectivity index is 1.28. The van der Waals surface area contributed by atoms with Crippen molar-refractivity contribution in [2.45, 2.75) is 44.6 Å². The number of fused-ring (bicyclic) bond motifs is 2. The molecule has 6 heterocycles. The van der Waals surface area contributed by atoms with Crippen LogP contribution < -0.4 is 10.5 Å². The number of rotatable bonds is 8. The Morgan fingerprint density at radius 3 is 2.75 bits per heavy atom. The van der Waals surface area contributed by atoms with Crippen molar-refractivity contribution in [3.8, 4) is 23.1 Å². The average Bonchev–Trinajstić information content (AvgIpc) is 3.47. The second-order valence-electron chi connectivity index (χ2n) is 12.6. The van der Waals surface area contributed by atoms with Gasteiger partial charge in [-0.1, -0.05) is 11.6 Å². The number of nitrogens with two attached hydrogens (primary N) is 1. The van der Waals surface area contributed by atoms with Gasteiger partial charge in [0.2, 0.25) is 0 Å². The number of aromatic nitrogens is 7. The fourth-order valence-corrected chi connectivity index (χ4v) is 6.76. The number of halogens is 3. The molecule has 1 aromatic carbocycles. The van der Waals surface area contributed by atoms with Gasteiger partial charge in [-0.3, -0.25) is 4.79 Å². The first kappa shape index (κ1) is 30.5. The molecule has 14 heteroatoms. The van der Waals surface area contributed by atoms with Crippen molar-refractivity contribution in [1.82, 2.24) is 38.8 Å². The molecular formula is C34H32ClF2N9O2. The Kier molecular flexibility index (Phi) is 7.60. The van der Waals surface area contributed by atoms with E-state index in [0.29, 0.717) is 34.1 Å². The van der Waals surface area contributed by atoms with Crippen LogP contribution in [0, 0.1) is 11.7 Å². The lowest BCUT2D eigenvalue weighted by atomic mass is 10.0. The summed E-state index contributed by atoms with van der Waals surface area (Å²) in [7, 11) is 1.54. The van der Waals surface area contributed by atoms with Crippen molar-refractivity contribution >= 4 is 39.6 Å². The van der Waals surface area contributed by atoms with Gasteiger partial charge in [0, 0.05) is 54.2 Å². The Bertz CT molecular complexity index is 2180. The van der Waals surface area contributed by atoms with Gasteiger partial charge in [0.05, 0.1) is 42.6 Å². The van der Waals surface area contributed by atoms with Gasteiger partial charge in [-0.2, -0.15) is 5.10 Å². The summed E-state index contributed by atoms with van der Waals surface area (Å²) in [4.78, 5) is 29.1. The monoisotopic (exact) mass is 671 g/mol. The van der Waals surface area contributed by atoms with Gasteiger partial charge in [-0.25, -0.2) is 28.4 Å². The van der Waals surface area contributed by atoms with E-state index >= 15 is 0 Å². The van der Waals surface area contributed by atoms with Crippen LogP contribution in [0.3, 0.4) is 0 Å². The molecule has 0 unspecified atom stereocenters. The van der Waals surface area contributed by atoms with E-state index in [1.54, 1.807) is 30.7 Å². The maximum absolute atomic E-state index is 14.7. The lowest BCUT2D eigenvalue weighted by molar-refractivity contribution is 0.0606. The van der Waals surface area contributed by atoms with Crippen LogP contribution in [0.4, 0.5) is 8.78 Å². The number of nitrogens with zero attached hydrogens (tertiary/aromatic N) is 8. The molecule has 1 saturated carbocycles. The minimum absolute atomic E-state index is 0.0191. The summed E-state index contributed by atoms with van der Waals surface area (Å²) in [6.45, 7) is 1.32. The van der Waals surface area contributed by atoms with Crippen LogP contribution in [-0.4, -0.2) is 77.1 Å². The summed E-state index contributed by atoms with van der Waals surface area (Å²) in [6, 6.07) is 10.1. The van der Waals surface area contributed by atoms with Gasteiger partial charge in [0.15, 0.2) is 17.5 Å². The number of imidazole rings is 1. The molecule has 8 rings (SSSR count). The molecule has 1 aliphatic heterocycles. The number of likely N-dealkylation sites (tertiary alicyclic amines) is 1. The third-order valence-electron chi connectivity index (χ3n) is 9.00. The number of hydrogen-bond acceptors (Lipinski definition) is 7. The molecule has 1 amide bonds. The van der Waals surface area contributed by atoms with Crippen LogP contribution in [0.15, 0.2) is 61.2 Å². The molecule has 48 heavy (non-hydrogen) atoms. The highest BCUT2D eigenvalue weighted by molar-refractivity contribution is 6.30. The largest absolute Gasteiger partial charge is 0.494 e. The number of hydrogen-bond donors (Lipinski definition) is 1. The van der Waals surface area contributed by atoms with Crippen molar-refractivity contribution < 1.29 is 18.3 Å². The standard InChI is InChI=1S/C34H32ClF2N9O2/c1-48-29-9-22(34(47)43-17-24(36)11-25(38)18-43)7-27-30(29)45(15-20-12-41-46(16-20)32-26(37)10-23(35)13-40-32)33(42-27)28-8-21-3-2-6-39-31(21)44(28)14-19-4-5-19/h2-3,6-10,12-13,16,19,24-25H,4-5,11,14-15,17-18,38H2,1H3/t24-,25-/m1/s1. The highest BCUT2D eigenvalue weighted by Crippen LogP contribution is 2.38. The number of benzene rings is 1. The van der Waals surface area contributed by atoms with Crippen LogP contribution in [0.2, 0.25) is 5.02 Å². The second kappa shape index (κ2) is 12.0. The van der Waals surface area contributed by atoms with Crippen LogP contribution in [0.25, 0.3) is 39.4 Å². The van der Waals surface area contributed by atoms with Gasteiger partial charge in [0.1, 0.15) is 23.1 Å². The van der Waals surface area contributed by atoms with Crippen molar-refractivity contribution in [1.29, 1.82) is 0 Å². The topological polar surface area (TPSA) is 122 Å². The number of amides is 1. The molecule has 5 aromatic heterocycles. The van der Waals surface area contributed by atoms with E-state index in [4.69, 9.17) is 32.0 Å². The van der Waals surface area contributed by atoms with Crippen LogP contribution in [0.1, 0.15) is 35.2 Å². The number of carbonyl (C=O) groups excluding carboxylic acids is 1. The molecule has 2 aliphatic rings. The molecule has 0 spiro atoms. The second-order valence-corrected chi connectivity index (χ2v) is 13.1. The Morgan fingerprint density at radius 2 is 1.98 bits per heavy atom. The summed E-state index contributed by atoms with van der Waals surface area (Å²) >= 11 is 5.92. The summed E-state index contributed by atoms with van der Waals surface area (Å²) < 4.78 is 40.6. The van der Waals surface area contributed by atoms with Gasteiger partial charge >= 0.3 is 0 Å². The van der Waals surface area contributed by atoms with Crippen molar-refractivity contribution in [2.24, 2.45) is 11.7 Å². The van der Waals surface area contributed by atoms with Crippen LogP contribution in [-0.2, 0) is 13.1 Å². The zero-order valence-electron chi connectivity index (χ0n) is 26.1. The molecule has 2 fully saturated rings. The molecule has 2 atom stereocenters. The third-order valence-corrected chi connectivity index (χ3v) is 9.20. The number of carbonyl (C=O) groups is 1. The number of pyridine rings is 2. The first-order valence-electron chi connectivity index (χ1n) is 15.8. The first-order chi connectivity index (χ1) is 23.2. The zero-order valence-corrected chi connectivity index (χ0v) is 26.8. The number of methoxy groups -OCH3 is 1. The minimum atomic E-state index is -1.19. The normalized spacial score (nSPS) is 18.2. The van der Waals surface area contributed by atoms with Crippen molar-refractivity contribution in [3.05, 3.63) is 83.2 Å². The molecule has 0 bridgehead atoms. The lowest BCUT2D eigenvalue weighted by Crippen LogP contribution is -2.50. The maximum atomic E-state index is 14.7. The molecule has 11 nitrogen and oxygen atoms in total. The van der Waals surface area contributed by atoms with Crippen LogP contribution in [0.5, 0.6) is 5.75 Å². The quantitative estimate of drug-likeness (QED) is 0.230. The molecule has 1 aliphatic carbocycles.